The fourth-order valence-electron chi connectivity index (χ4n) is 3.82. The number of nitrogens with zero attached hydrogens (tertiary/aromatic N) is 3. The maximum Gasteiger partial charge on any atom is 0.254 e. The van der Waals surface area contributed by atoms with Gasteiger partial charge >= 0.3 is 0 Å². The lowest BCUT2D eigenvalue weighted by Crippen LogP contribution is -2.27. The second kappa shape index (κ2) is 11.1. The van der Waals surface area contributed by atoms with Gasteiger partial charge in [-0.3, -0.25) is 14.9 Å². The minimum absolute atomic E-state index is 0.181. The van der Waals surface area contributed by atoms with Crippen molar-refractivity contribution in [3.8, 4) is 10.4 Å². The van der Waals surface area contributed by atoms with Crippen LogP contribution in [0, 0.1) is 11.7 Å². The number of hydrogen-bond acceptors (Lipinski definition) is 6. The first kappa shape index (κ1) is 25.7. The lowest BCUT2D eigenvalue weighted by atomic mass is 9.84. The molecule has 0 aliphatic rings. The van der Waals surface area contributed by atoms with Gasteiger partial charge in [-0.2, -0.15) is 0 Å². The van der Waals surface area contributed by atoms with E-state index in [0.29, 0.717) is 21.3 Å². The summed E-state index contributed by atoms with van der Waals surface area (Å²) in [5.41, 5.74) is 3.42. The maximum atomic E-state index is 14.2. The van der Waals surface area contributed by atoms with E-state index in [4.69, 9.17) is 11.6 Å². The molecule has 0 aliphatic heterocycles. The third-order valence-corrected chi connectivity index (χ3v) is 7.67. The van der Waals surface area contributed by atoms with Crippen molar-refractivity contribution in [3.05, 3.63) is 99.6 Å². The maximum absolute atomic E-state index is 14.2. The molecule has 184 valence electrons. The van der Waals surface area contributed by atoms with E-state index in [2.05, 4.69) is 22.1 Å². The van der Waals surface area contributed by atoms with Crippen molar-refractivity contribution < 1.29 is 14.0 Å². The molecule has 2 aromatic carbocycles. The van der Waals surface area contributed by atoms with Crippen molar-refractivity contribution in [2.75, 3.05) is 19.4 Å². The first-order valence-electron chi connectivity index (χ1n) is 10.8. The zero-order chi connectivity index (χ0) is 25.8. The average Bonchev–Trinajstić information content (AvgIpc) is 3.54. The van der Waals surface area contributed by atoms with E-state index < -0.39 is 17.7 Å². The van der Waals surface area contributed by atoms with Crippen molar-refractivity contribution >= 4 is 51.2 Å². The van der Waals surface area contributed by atoms with Crippen LogP contribution in [0.1, 0.15) is 26.7 Å². The summed E-state index contributed by atoms with van der Waals surface area (Å²) in [7, 11) is 3.34. The highest BCUT2D eigenvalue weighted by molar-refractivity contribution is 7.15. The third-order valence-electron chi connectivity index (χ3n) is 5.54. The number of benzene rings is 2. The molecule has 2 amide bonds. The topological polar surface area (TPSA) is 75.2 Å². The van der Waals surface area contributed by atoms with Gasteiger partial charge in [0.1, 0.15) is 11.3 Å². The lowest BCUT2D eigenvalue weighted by molar-refractivity contribution is -0.118. The van der Waals surface area contributed by atoms with E-state index in [1.165, 1.54) is 45.2 Å². The highest BCUT2D eigenvalue weighted by Gasteiger charge is 2.31. The van der Waals surface area contributed by atoms with Crippen LogP contribution < -0.4 is 5.32 Å². The third kappa shape index (κ3) is 5.53. The molecule has 0 unspecified atom stereocenters. The van der Waals surface area contributed by atoms with E-state index in [1.54, 1.807) is 44.4 Å². The molecule has 4 rings (SSSR count). The molecule has 2 aromatic heterocycles. The first-order chi connectivity index (χ1) is 17.3. The van der Waals surface area contributed by atoms with Crippen LogP contribution in [-0.4, -0.2) is 41.0 Å². The summed E-state index contributed by atoms with van der Waals surface area (Å²) in [6, 6.07) is 15.3. The SMILES string of the molecule is C=C[C@H](C(=O)Nc1nncs1)[C@@H](c1cccc(F)c1)c1ccc(-c2ccc(C(=O)N(C)C)c(Cl)c2)s1. The van der Waals surface area contributed by atoms with Crippen LogP contribution in [0.5, 0.6) is 0 Å². The molecule has 0 aliphatic carbocycles. The summed E-state index contributed by atoms with van der Waals surface area (Å²) >= 11 is 9.09. The van der Waals surface area contributed by atoms with Crippen LogP contribution in [0.15, 0.2) is 72.8 Å². The van der Waals surface area contributed by atoms with Crippen molar-refractivity contribution in [3.63, 3.8) is 0 Å². The van der Waals surface area contributed by atoms with Gasteiger partial charge < -0.3 is 4.90 Å². The number of thiophene rings is 1. The van der Waals surface area contributed by atoms with E-state index >= 15 is 0 Å². The normalized spacial score (nSPS) is 12.6. The molecule has 1 N–H and O–H groups in total. The molecule has 2 heterocycles. The molecule has 0 saturated heterocycles. The number of aromatic nitrogens is 2. The highest BCUT2D eigenvalue weighted by Crippen LogP contribution is 2.41. The largest absolute Gasteiger partial charge is 0.345 e. The Morgan fingerprint density at radius 2 is 1.97 bits per heavy atom. The first-order valence-corrected chi connectivity index (χ1v) is 12.9. The number of amides is 2. The van der Waals surface area contributed by atoms with Crippen molar-refractivity contribution in [2.45, 2.75) is 5.92 Å². The average molecular weight is 541 g/mol. The van der Waals surface area contributed by atoms with Crippen LogP contribution in [0.2, 0.25) is 5.02 Å². The Balaban J connectivity index is 1.71. The lowest BCUT2D eigenvalue weighted by Gasteiger charge is -2.23. The van der Waals surface area contributed by atoms with Crippen LogP contribution in [0.3, 0.4) is 0 Å². The minimum Gasteiger partial charge on any atom is -0.345 e. The Bertz CT molecular complexity index is 1400. The summed E-state index contributed by atoms with van der Waals surface area (Å²) in [4.78, 5) is 28.7. The second-order valence-electron chi connectivity index (χ2n) is 8.12. The smallest absolute Gasteiger partial charge is 0.254 e. The molecule has 6 nitrogen and oxygen atoms in total. The molecular formula is C26H22ClFN4O2S2. The highest BCUT2D eigenvalue weighted by atomic mass is 35.5. The van der Waals surface area contributed by atoms with Gasteiger partial charge in [0.15, 0.2) is 0 Å². The Labute approximate surface area is 221 Å². The fourth-order valence-corrected chi connectivity index (χ4v) is 5.71. The number of carbonyl (C=O) groups excluding carboxylic acids is 2. The van der Waals surface area contributed by atoms with Crippen LogP contribution >= 0.6 is 34.3 Å². The monoisotopic (exact) mass is 540 g/mol. The molecule has 0 saturated carbocycles. The number of hydrogen-bond donors (Lipinski definition) is 1. The molecule has 10 heteroatoms. The van der Waals surface area contributed by atoms with E-state index in [1.807, 2.05) is 18.2 Å². The number of halogens is 2. The quantitative estimate of drug-likeness (QED) is 0.265. The Hall–Kier alpha value is -3.40. The predicted octanol–water partition coefficient (Wildman–Crippen LogP) is 6.33. The van der Waals surface area contributed by atoms with E-state index in [-0.39, 0.29) is 11.8 Å². The van der Waals surface area contributed by atoms with Crippen molar-refractivity contribution in [2.24, 2.45) is 5.92 Å². The van der Waals surface area contributed by atoms with Crippen LogP contribution in [-0.2, 0) is 4.79 Å². The van der Waals surface area contributed by atoms with Gasteiger partial charge in [-0.25, -0.2) is 4.39 Å². The van der Waals surface area contributed by atoms with Crippen molar-refractivity contribution in [1.29, 1.82) is 0 Å². The minimum atomic E-state index is -0.703. The van der Waals surface area contributed by atoms with Crippen LogP contribution in [0.25, 0.3) is 10.4 Å². The summed E-state index contributed by atoms with van der Waals surface area (Å²) in [5.74, 6) is -2.09. The zero-order valence-electron chi connectivity index (χ0n) is 19.4. The Morgan fingerprint density at radius 1 is 1.17 bits per heavy atom. The molecule has 0 spiro atoms. The Kier molecular flexibility index (Phi) is 7.93. The number of nitrogens with one attached hydrogen (secondary N) is 1. The Morgan fingerprint density at radius 3 is 2.61 bits per heavy atom. The van der Waals surface area contributed by atoms with Gasteiger partial charge in [-0.15, -0.1) is 28.1 Å². The van der Waals surface area contributed by atoms with Crippen LogP contribution in [0.4, 0.5) is 9.52 Å². The van der Waals surface area contributed by atoms with Gasteiger partial charge in [0.25, 0.3) is 5.91 Å². The number of carbonyl (C=O) groups is 2. The predicted molar refractivity (Wildman–Crippen MR) is 143 cm³/mol. The summed E-state index contributed by atoms with van der Waals surface area (Å²) < 4.78 is 14.2. The van der Waals surface area contributed by atoms with Gasteiger partial charge in [0.2, 0.25) is 11.0 Å². The van der Waals surface area contributed by atoms with E-state index in [0.717, 1.165) is 15.3 Å². The van der Waals surface area contributed by atoms with Gasteiger partial charge in [0.05, 0.1) is 16.5 Å². The molecule has 0 radical (unpaired) electrons. The van der Waals surface area contributed by atoms with Crippen molar-refractivity contribution in [1.82, 2.24) is 15.1 Å². The molecule has 4 aromatic rings. The zero-order valence-corrected chi connectivity index (χ0v) is 21.8. The molecular weight excluding hydrogens is 519 g/mol. The second-order valence-corrected chi connectivity index (χ2v) is 10.5. The van der Waals surface area contributed by atoms with Gasteiger partial charge in [-0.1, -0.05) is 47.2 Å². The molecule has 0 bridgehead atoms. The molecule has 36 heavy (non-hydrogen) atoms. The summed E-state index contributed by atoms with van der Waals surface area (Å²) in [6.07, 6.45) is 1.56. The summed E-state index contributed by atoms with van der Waals surface area (Å²) in [5, 5.41) is 11.1. The standard InChI is InChI=1S/C26H22ClFN4O2S2/c1-4-18(24(33)30-26-31-29-14-35-26)23(16-6-5-7-17(28)12-16)22-11-10-21(36-22)15-8-9-19(20(27)13-15)25(34)32(2)3/h4-14,18,23H,1H2,2-3H3,(H,30,31,33)/t18-,23+/m0/s1. The van der Waals surface area contributed by atoms with Gasteiger partial charge in [0, 0.05) is 29.8 Å². The molecule has 2 atom stereocenters. The fraction of sp³-hybridized carbons (Fsp3) is 0.154. The number of rotatable bonds is 8. The van der Waals surface area contributed by atoms with Gasteiger partial charge in [-0.05, 0) is 47.5 Å². The summed E-state index contributed by atoms with van der Waals surface area (Å²) in [6.45, 7) is 3.89. The molecule has 0 fully saturated rings. The van der Waals surface area contributed by atoms with E-state index in [9.17, 15) is 14.0 Å². The number of anilines is 1.